The molecule has 0 spiro atoms. The molecule has 0 bridgehead atoms. The second kappa shape index (κ2) is 5.31. The molecule has 102 valence electrons. The third-order valence-corrected chi connectivity index (χ3v) is 3.84. The number of para-hydroxylation sites is 2. The Labute approximate surface area is 124 Å². The van der Waals surface area contributed by atoms with Gasteiger partial charge in [0.25, 0.3) is 0 Å². The Morgan fingerprint density at radius 1 is 1.15 bits per heavy atom. The SMILES string of the molecule is COc1ccccc1C(O)c1cc2cccc(Br)c2o1. The summed E-state index contributed by atoms with van der Waals surface area (Å²) < 4.78 is 11.9. The lowest BCUT2D eigenvalue weighted by atomic mass is 10.1. The lowest BCUT2D eigenvalue weighted by Gasteiger charge is -2.12. The van der Waals surface area contributed by atoms with E-state index in [9.17, 15) is 5.11 Å². The fourth-order valence-corrected chi connectivity index (χ4v) is 2.69. The molecule has 4 heteroatoms. The Morgan fingerprint density at radius 3 is 2.70 bits per heavy atom. The summed E-state index contributed by atoms with van der Waals surface area (Å²) in [5.74, 6) is 1.14. The zero-order valence-electron chi connectivity index (χ0n) is 10.8. The number of rotatable bonds is 3. The third-order valence-electron chi connectivity index (χ3n) is 3.22. The highest BCUT2D eigenvalue weighted by Gasteiger charge is 2.19. The molecule has 0 saturated heterocycles. The van der Waals surface area contributed by atoms with Gasteiger partial charge in [0, 0.05) is 10.9 Å². The monoisotopic (exact) mass is 332 g/mol. The van der Waals surface area contributed by atoms with Gasteiger partial charge in [0.05, 0.1) is 11.6 Å². The molecular formula is C16H13BrO3. The molecule has 3 aromatic rings. The third kappa shape index (κ3) is 2.21. The van der Waals surface area contributed by atoms with Gasteiger partial charge in [-0.3, -0.25) is 0 Å². The van der Waals surface area contributed by atoms with Crippen LogP contribution in [0.2, 0.25) is 0 Å². The van der Waals surface area contributed by atoms with Crippen molar-refractivity contribution in [3.8, 4) is 5.75 Å². The highest BCUT2D eigenvalue weighted by Crippen LogP contribution is 2.34. The van der Waals surface area contributed by atoms with Crippen molar-refractivity contribution in [1.82, 2.24) is 0 Å². The number of fused-ring (bicyclic) bond motifs is 1. The van der Waals surface area contributed by atoms with E-state index < -0.39 is 6.10 Å². The maximum Gasteiger partial charge on any atom is 0.148 e. The van der Waals surface area contributed by atoms with E-state index in [-0.39, 0.29) is 0 Å². The zero-order valence-corrected chi connectivity index (χ0v) is 12.4. The highest BCUT2D eigenvalue weighted by atomic mass is 79.9. The van der Waals surface area contributed by atoms with Crippen LogP contribution in [0.3, 0.4) is 0 Å². The Morgan fingerprint density at radius 2 is 1.95 bits per heavy atom. The van der Waals surface area contributed by atoms with Crippen molar-refractivity contribution in [3.63, 3.8) is 0 Å². The molecule has 1 N–H and O–H groups in total. The average Bonchev–Trinajstić information content (AvgIpc) is 2.92. The summed E-state index contributed by atoms with van der Waals surface area (Å²) in [4.78, 5) is 0. The summed E-state index contributed by atoms with van der Waals surface area (Å²) in [6.07, 6.45) is -0.856. The lowest BCUT2D eigenvalue weighted by Crippen LogP contribution is -2.00. The van der Waals surface area contributed by atoms with E-state index in [1.165, 1.54) is 0 Å². The van der Waals surface area contributed by atoms with E-state index in [0.717, 1.165) is 15.4 Å². The van der Waals surface area contributed by atoms with Gasteiger partial charge in [-0.05, 0) is 34.1 Å². The second-order valence-electron chi connectivity index (χ2n) is 4.45. The van der Waals surface area contributed by atoms with E-state index in [1.54, 1.807) is 7.11 Å². The van der Waals surface area contributed by atoms with Crippen molar-refractivity contribution < 1.29 is 14.3 Å². The molecule has 3 nitrogen and oxygen atoms in total. The molecule has 0 aliphatic carbocycles. The summed E-state index contributed by atoms with van der Waals surface area (Å²) in [5, 5.41) is 11.5. The molecule has 0 aliphatic heterocycles. The summed E-state index contributed by atoms with van der Waals surface area (Å²) >= 11 is 3.44. The van der Waals surface area contributed by atoms with E-state index >= 15 is 0 Å². The molecule has 20 heavy (non-hydrogen) atoms. The van der Waals surface area contributed by atoms with Gasteiger partial charge in [0.15, 0.2) is 0 Å². The van der Waals surface area contributed by atoms with Crippen molar-refractivity contribution in [2.45, 2.75) is 6.10 Å². The molecule has 1 aromatic heterocycles. The minimum atomic E-state index is -0.856. The molecule has 0 radical (unpaired) electrons. The quantitative estimate of drug-likeness (QED) is 0.778. The van der Waals surface area contributed by atoms with Gasteiger partial charge in [-0.1, -0.05) is 30.3 Å². The first-order chi connectivity index (χ1) is 9.70. The van der Waals surface area contributed by atoms with Crippen LogP contribution in [0.1, 0.15) is 17.4 Å². The first-order valence-electron chi connectivity index (χ1n) is 6.19. The Balaban J connectivity index is 2.08. The molecule has 1 unspecified atom stereocenters. The normalized spacial score (nSPS) is 12.6. The number of ether oxygens (including phenoxy) is 1. The summed E-state index contributed by atoms with van der Waals surface area (Å²) in [6.45, 7) is 0. The van der Waals surface area contributed by atoms with Crippen LogP contribution in [-0.2, 0) is 0 Å². The van der Waals surface area contributed by atoms with Crippen LogP contribution in [0.4, 0.5) is 0 Å². The molecule has 0 saturated carbocycles. The Kier molecular flexibility index (Phi) is 3.51. The number of furan rings is 1. The molecule has 0 fully saturated rings. The number of aliphatic hydroxyl groups excluding tert-OH is 1. The fourth-order valence-electron chi connectivity index (χ4n) is 2.23. The maximum absolute atomic E-state index is 10.5. The first kappa shape index (κ1) is 13.2. The van der Waals surface area contributed by atoms with E-state index in [4.69, 9.17) is 9.15 Å². The Bertz CT molecular complexity index is 748. The number of hydrogen-bond acceptors (Lipinski definition) is 3. The highest BCUT2D eigenvalue weighted by molar-refractivity contribution is 9.10. The van der Waals surface area contributed by atoms with Crippen molar-refractivity contribution in [3.05, 3.63) is 64.3 Å². The maximum atomic E-state index is 10.5. The summed E-state index contributed by atoms with van der Waals surface area (Å²) in [6, 6.07) is 15.0. The topological polar surface area (TPSA) is 42.6 Å². The largest absolute Gasteiger partial charge is 0.496 e. The average molecular weight is 333 g/mol. The van der Waals surface area contributed by atoms with Crippen LogP contribution in [0.5, 0.6) is 5.75 Å². The lowest BCUT2D eigenvalue weighted by molar-refractivity contribution is 0.187. The number of hydrogen-bond donors (Lipinski definition) is 1. The number of methoxy groups -OCH3 is 1. The number of halogens is 1. The van der Waals surface area contributed by atoms with Gasteiger partial charge >= 0.3 is 0 Å². The van der Waals surface area contributed by atoms with E-state index in [0.29, 0.717) is 17.1 Å². The van der Waals surface area contributed by atoms with Gasteiger partial charge < -0.3 is 14.3 Å². The van der Waals surface area contributed by atoms with Gasteiger partial charge in [-0.15, -0.1) is 0 Å². The van der Waals surface area contributed by atoms with Crippen molar-refractivity contribution >= 4 is 26.9 Å². The number of benzene rings is 2. The molecule has 2 aromatic carbocycles. The van der Waals surface area contributed by atoms with Crippen LogP contribution in [0.15, 0.2) is 57.4 Å². The van der Waals surface area contributed by atoms with E-state index in [1.807, 2.05) is 48.5 Å². The van der Waals surface area contributed by atoms with Crippen LogP contribution < -0.4 is 4.74 Å². The minimum Gasteiger partial charge on any atom is -0.496 e. The van der Waals surface area contributed by atoms with E-state index in [2.05, 4.69) is 15.9 Å². The smallest absolute Gasteiger partial charge is 0.148 e. The van der Waals surface area contributed by atoms with Crippen molar-refractivity contribution in [2.75, 3.05) is 7.11 Å². The van der Waals surface area contributed by atoms with Crippen molar-refractivity contribution in [2.24, 2.45) is 0 Å². The molecule has 0 aliphatic rings. The van der Waals surface area contributed by atoms with Crippen molar-refractivity contribution in [1.29, 1.82) is 0 Å². The van der Waals surface area contributed by atoms with Crippen LogP contribution in [-0.4, -0.2) is 12.2 Å². The standard InChI is InChI=1S/C16H13BrO3/c1-19-13-8-3-2-6-11(13)15(18)14-9-10-5-4-7-12(17)16(10)20-14/h2-9,15,18H,1H3. The predicted molar refractivity (Wildman–Crippen MR) is 81.0 cm³/mol. The minimum absolute atomic E-state index is 0.497. The fraction of sp³-hybridized carbons (Fsp3) is 0.125. The van der Waals surface area contributed by atoms with Crippen LogP contribution in [0, 0.1) is 0 Å². The van der Waals surface area contributed by atoms with Gasteiger partial charge in [0.2, 0.25) is 0 Å². The van der Waals surface area contributed by atoms with Gasteiger partial charge in [0.1, 0.15) is 23.2 Å². The Hall–Kier alpha value is -1.78. The van der Waals surface area contributed by atoms with Crippen LogP contribution in [0.25, 0.3) is 11.0 Å². The summed E-state index contributed by atoms with van der Waals surface area (Å²) in [5.41, 5.74) is 1.42. The number of aliphatic hydroxyl groups is 1. The predicted octanol–water partition coefficient (Wildman–Crippen LogP) is 4.29. The molecule has 3 rings (SSSR count). The zero-order chi connectivity index (χ0) is 14.1. The molecular weight excluding hydrogens is 320 g/mol. The van der Waals surface area contributed by atoms with Gasteiger partial charge in [-0.2, -0.15) is 0 Å². The van der Waals surface area contributed by atoms with Crippen LogP contribution >= 0.6 is 15.9 Å². The molecule has 1 heterocycles. The van der Waals surface area contributed by atoms with Gasteiger partial charge in [-0.25, -0.2) is 0 Å². The first-order valence-corrected chi connectivity index (χ1v) is 6.99. The summed E-state index contributed by atoms with van der Waals surface area (Å²) in [7, 11) is 1.58. The molecule has 0 amide bonds. The molecule has 1 atom stereocenters. The second-order valence-corrected chi connectivity index (χ2v) is 5.31.